The van der Waals surface area contributed by atoms with Gasteiger partial charge in [-0.2, -0.15) is 10.5 Å². The number of allylic oxidation sites excluding steroid dienone is 1. The molecule has 0 unspecified atom stereocenters. The minimum atomic E-state index is -0.297. The third-order valence-electron chi connectivity index (χ3n) is 5.61. The van der Waals surface area contributed by atoms with Gasteiger partial charge in [0, 0.05) is 38.1 Å². The van der Waals surface area contributed by atoms with E-state index in [-0.39, 0.29) is 16.7 Å². The lowest BCUT2D eigenvalue weighted by atomic mass is 10.1. The molecular formula is C24H22N6O2. The number of methoxy groups -OCH3 is 1. The quantitative estimate of drug-likeness (QED) is 0.592. The van der Waals surface area contributed by atoms with Gasteiger partial charge in [0.1, 0.15) is 34.9 Å². The highest BCUT2D eigenvalue weighted by Crippen LogP contribution is 2.25. The number of benzene rings is 1. The van der Waals surface area contributed by atoms with E-state index in [9.17, 15) is 15.3 Å². The second-order valence-electron chi connectivity index (χ2n) is 7.49. The minimum absolute atomic E-state index is 0.130. The number of fused-ring (bicyclic) bond motifs is 1. The number of hydrogen-bond donors (Lipinski definition) is 0. The number of nitrogens with zero attached hydrogens (tertiary/aromatic N) is 6. The van der Waals surface area contributed by atoms with Crippen LogP contribution in [-0.2, 0) is 0 Å². The number of piperazine rings is 1. The van der Waals surface area contributed by atoms with Gasteiger partial charge in [0.15, 0.2) is 0 Å². The van der Waals surface area contributed by atoms with Crippen LogP contribution < -0.4 is 20.1 Å². The molecule has 0 saturated carbocycles. The van der Waals surface area contributed by atoms with Crippen molar-refractivity contribution in [2.75, 3.05) is 43.1 Å². The van der Waals surface area contributed by atoms with Gasteiger partial charge < -0.3 is 14.5 Å². The number of pyridine rings is 1. The van der Waals surface area contributed by atoms with Crippen molar-refractivity contribution >= 4 is 23.2 Å². The van der Waals surface area contributed by atoms with Gasteiger partial charge in [-0.15, -0.1) is 0 Å². The highest BCUT2D eigenvalue weighted by molar-refractivity contribution is 5.72. The Labute approximate surface area is 185 Å². The molecule has 32 heavy (non-hydrogen) atoms. The van der Waals surface area contributed by atoms with Crippen molar-refractivity contribution in [2.45, 2.75) is 6.92 Å². The van der Waals surface area contributed by atoms with Crippen LogP contribution in [0.25, 0.3) is 11.7 Å². The molecule has 3 heterocycles. The monoisotopic (exact) mass is 426 g/mol. The zero-order valence-electron chi connectivity index (χ0n) is 17.9. The van der Waals surface area contributed by atoms with Gasteiger partial charge in [0.05, 0.1) is 12.7 Å². The largest absolute Gasteiger partial charge is 0.497 e. The summed E-state index contributed by atoms with van der Waals surface area (Å²) < 4.78 is 6.70. The van der Waals surface area contributed by atoms with Crippen LogP contribution in [0.3, 0.4) is 0 Å². The fraction of sp³-hybridized carbons (Fsp3) is 0.250. The van der Waals surface area contributed by atoms with E-state index in [0.29, 0.717) is 24.6 Å². The number of anilines is 2. The first-order valence-electron chi connectivity index (χ1n) is 10.2. The van der Waals surface area contributed by atoms with Crippen LogP contribution in [0.1, 0.15) is 11.1 Å². The molecule has 0 amide bonds. The van der Waals surface area contributed by atoms with E-state index in [0.717, 1.165) is 30.1 Å². The molecule has 0 bridgehead atoms. The Balaban J connectivity index is 1.71. The zero-order chi connectivity index (χ0) is 22.7. The van der Waals surface area contributed by atoms with Crippen molar-refractivity contribution < 1.29 is 4.74 Å². The second-order valence-corrected chi connectivity index (χ2v) is 7.49. The second kappa shape index (κ2) is 8.83. The number of hydrogen-bond acceptors (Lipinski definition) is 7. The first-order valence-corrected chi connectivity index (χ1v) is 10.2. The summed E-state index contributed by atoms with van der Waals surface area (Å²) in [5.74, 6) is 1.31. The molecule has 2 aromatic heterocycles. The summed E-state index contributed by atoms with van der Waals surface area (Å²) in [6, 6.07) is 15.3. The summed E-state index contributed by atoms with van der Waals surface area (Å²) in [4.78, 5) is 22.4. The van der Waals surface area contributed by atoms with Crippen molar-refractivity contribution in [1.29, 1.82) is 10.5 Å². The van der Waals surface area contributed by atoms with Gasteiger partial charge in [-0.25, -0.2) is 4.98 Å². The van der Waals surface area contributed by atoms with E-state index in [4.69, 9.17) is 9.72 Å². The third-order valence-corrected chi connectivity index (χ3v) is 5.61. The van der Waals surface area contributed by atoms with Crippen LogP contribution in [0.2, 0.25) is 0 Å². The van der Waals surface area contributed by atoms with E-state index >= 15 is 0 Å². The molecule has 8 heteroatoms. The topological polar surface area (TPSA) is 97.7 Å². The van der Waals surface area contributed by atoms with Crippen LogP contribution in [0.4, 0.5) is 11.5 Å². The van der Waals surface area contributed by atoms with Crippen LogP contribution in [-0.4, -0.2) is 42.7 Å². The molecule has 1 fully saturated rings. The Morgan fingerprint density at radius 3 is 2.34 bits per heavy atom. The predicted molar refractivity (Wildman–Crippen MR) is 123 cm³/mol. The number of nitriles is 2. The molecular weight excluding hydrogens is 404 g/mol. The highest BCUT2D eigenvalue weighted by atomic mass is 16.5. The van der Waals surface area contributed by atoms with Crippen molar-refractivity contribution in [2.24, 2.45) is 0 Å². The van der Waals surface area contributed by atoms with Crippen LogP contribution in [0, 0.1) is 29.6 Å². The standard InChI is InChI=1S/C24H22N6O2/c1-17-4-3-9-30-22(17)27-23(21(24(30)31)14-18(15-25)16-26)29-12-10-28(11-13-29)19-5-7-20(32-2)8-6-19/h3-9,14H,10-13H2,1-2H3. The Morgan fingerprint density at radius 2 is 1.72 bits per heavy atom. The smallest absolute Gasteiger partial charge is 0.267 e. The molecule has 0 aliphatic carbocycles. The summed E-state index contributed by atoms with van der Waals surface area (Å²) in [5.41, 5.74) is 2.37. The lowest BCUT2D eigenvalue weighted by molar-refractivity contribution is 0.415. The van der Waals surface area contributed by atoms with Crippen molar-refractivity contribution in [1.82, 2.24) is 9.38 Å². The van der Waals surface area contributed by atoms with E-state index in [1.165, 1.54) is 10.5 Å². The summed E-state index contributed by atoms with van der Waals surface area (Å²) in [5, 5.41) is 18.5. The maximum absolute atomic E-state index is 13.3. The molecule has 160 valence electrons. The lowest BCUT2D eigenvalue weighted by Gasteiger charge is -2.37. The summed E-state index contributed by atoms with van der Waals surface area (Å²) >= 11 is 0. The fourth-order valence-electron chi connectivity index (χ4n) is 3.87. The molecule has 4 rings (SSSR count). The number of ether oxygens (including phenoxy) is 1. The summed E-state index contributed by atoms with van der Waals surface area (Å²) in [6.45, 7) is 4.69. The maximum Gasteiger partial charge on any atom is 0.267 e. The number of rotatable bonds is 4. The van der Waals surface area contributed by atoms with Crippen molar-refractivity contribution in [3.63, 3.8) is 0 Å². The van der Waals surface area contributed by atoms with Crippen molar-refractivity contribution in [3.8, 4) is 17.9 Å². The van der Waals surface area contributed by atoms with Crippen LogP contribution >= 0.6 is 0 Å². The average Bonchev–Trinajstić information content (AvgIpc) is 2.84. The molecule has 0 spiro atoms. The molecule has 1 saturated heterocycles. The first kappa shape index (κ1) is 21.0. The normalized spacial score (nSPS) is 13.4. The SMILES string of the molecule is COc1ccc(N2CCN(c3nc4c(C)cccn4c(=O)c3C=C(C#N)C#N)CC2)cc1. The minimum Gasteiger partial charge on any atom is -0.497 e. The molecule has 1 aromatic carbocycles. The molecule has 1 aliphatic heterocycles. The van der Waals surface area contributed by atoms with Gasteiger partial charge in [-0.05, 0) is 48.9 Å². The number of aryl methyl sites for hydroxylation is 1. The van der Waals surface area contributed by atoms with E-state index in [1.807, 2.05) is 54.3 Å². The summed E-state index contributed by atoms with van der Waals surface area (Å²) in [7, 11) is 1.64. The average molecular weight is 426 g/mol. The third kappa shape index (κ3) is 3.86. The molecule has 0 radical (unpaired) electrons. The predicted octanol–water partition coefficient (Wildman–Crippen LogP) is 2.77. The maximum atomic E-state index is 13.3. The first-order chi connectivity index (χ1) is 15.5. The highest BCUT2D eigenvalue weighted by Gasteiger charge is 2.23. The van der Waals surface area contributed by atoms with Crippen LogP contribution in [0.15, 0.2) is 53.0 Å². The Hall–Kier alpha value is -4.30. The Kier molecular flexibility index (Phi) is 5.78. The Morgan fingerprint density at radius 1 is 1.06 bits per heavy atom. The molecule has 8 nitrogen and oxygen atoms in total. The van der Waals surface area contributed by atoms with Gasteiger partial charge in [0.2, 0.25) is 0 Å². The zero-order valence-corrected chi connectivity index (χ0v) is 17.9. The molecule has 3 aromatic rings. The molecule has 0 N–H and O–H groups in total. The van der Waals surface area contributed by atoms with Gasteiger partial charge in [-0.1, -0.05) is 6.07 Å². The van der Waals surface area contributed by atoms with Gasteiger partial charge >= 0.3 is 0 Å². The van der Waals surface area contributed by atoms with E-state index in [1.54, 1.807) is 19.4 Å². The number of aromatic nitrogens is 2. The van der Waals surface area contributed by atoms with E-state index < -0.39 is 0 Å². The van der Waals surface area contributed by atoms with Crippen molar-refractivity contribution in [3.05, 3.63) is 69.6 Å². The Bertz CT molecular complexity index is 1300. The van der Waals surface area contributed by atoms with Gasteiger partial charge in [-0.3, -0.25) is 9.20 Å². The molecule has 1 aliphatic rings. The fourth-order valence-corrected chi connectivity index (χ4v) is 3.87. The molecule has 0 atom stereocenters. The summed E-state index contributed by atoms with van der Waals surface area (Å²) in [6.07, 6.45) is 2.99. The lowest BCUT2D eigenvalue weighted by Crippen LogP contribution is -2.47. The van der Waals surface area contributed by atoms with E-state index in [2.05, 4.69) is 4.90 Å². The van der Waals surface area contributed by atoms with Crippen LogP contribution in [0.5, 0.6) is 5.75 Å². The van der Waals surface area contributed by atoms with Gasteiger partial charge in [0.25, 0.3) is 5.56 Å².